The molecule has 3 fully saturated rings. The second-order valence-corrected chi connectivity index (χ2v) is 7.06. The van der Waals surface area contributed by atoms with Crippen molar-refractivity contribution >= 4 is 11.8 Å². The number of carbonyl (C=O) groups excluding carboxylic acids is 2. The van der Waals surface area contributed by atoms with Gasteiger partial charge in [0.2, 0.25) is 11.8 Å². The van der Waals surface area contributed by atoms with Crippen molar-refractivity contribution in [2.24, 2.45) is 10.8 Å². The van der Waals surface area contributed by atoms with Crippen molar-refractivity contribution in [2.45, 2.75) is 52.6 Å². The van der Waals surface area contributed by atoms with Crippen LogP contribution in [0, 0.1) is 10.8 Å². The highest BCUT2D eigenvalue weighted by atomic mass is 16.2. The predicted molar refractivity (Wildman–Crippen MR) is 67.8 cm³/mol. The summed E-state index contributed by atoms with van der Waals surface area (Å²) in [6.07, 6.45) is 1.81. The van der Waals surface area contributed by atoms with Crippen LogP contribution in [0.3, 0.4) is 0 Å². The summed E-state index contributed by atoms with van der Waals surface area (Å²) >= 11 is 0. The number of fused-ring (bicyclic) bond motifs is 1. The van der Waals surface area contributed by atoms with Gasteiger partial charge in [-0.1, -0.05) is 27.7 Å². The second-order valence-electron chi connectivity index (χ2n) is 7.06. The Bertz CT molecular complexity index is 414. The van der Waals surface area contributed by atoms with E-state index in [1.165, 1.54) is 0 Å². The van der Waals surface area contributed by atoms with Crippen LogP contribution in [0.4, 0.5) is 0 Å². The average Bonchev–Trinajstić information content (AvgIpc) is 2.69. The van der Waals surface area contributed by atoms with E-state index in [4.69, 9.17) is 0 Å². The van der Waals surface area contributed by atoms with E-state index in [1.54, 1.807) is 4.90 Å². The minimum Gasteiger partial charge on any atom is -0.329 e. The first-order chi connectivity index (χ1) is 8.28. The van der Waals surface area contributed by atoms with Crippen LogP contribution in [0.2, 0.25) is 0 Å². The van der Waals surface area contributed by atoms with Crippen molar-refractivity contribution in [1.29, 1.82) is 0 Å². The van der Waals surface area contributed by atoms with Crippen LogP contribution < -0.4 is 0 Å². The molecule has 0 aromatic carbocycles. The average molecular weight is 250 g/mol. The van der Waals surface area contributed by atoms with Gasteiger partial charge in [0.1, 0.15) is 12.6 Å². The quantitative estimate of drug-likeness (QED) is 0.703. The molecule has 4 heteroatoms. The van der Waals surface area contributed by atoms with Crippen LogP contribution in [0.25, 0.3) is 0 Å². The van der Waals surface area contributed by atoms with Gasteiger partial charge in [0.15, 0.2) is 0 Å². The Kier molecular flexibility index (Phi) is 2.19. The van der Waals surface area contributed by atoms with Crippen molar-refractivity contribution in [2.75, 3.05) is 13.1 Å². The summed E-state index contributed by atoms with van der Waals surface area (Å²) in [7, 11) is 0. The summed E-state index contributed by atoms with van der Waals surface area (Å²) in [5, 5.41) is 0. The first kappa shape index (κ1) is 12.0. The molecule has 1 atom stereocenters. The lowest BCUT2D eigenvalue weighted by Gasteiger charge is -2.37. The monoisotopic (exact) mass is 250 g/mol. The Morgan fingerprint density at radius 3 is 2.22 bits per heavy atom. The fourth-order valence-corrected chi connectivity index (χ4v) is 3.99. The molecule has 2 heterocycles. The SMILES string of the molecule is CC1(C)C(N2CC(=O)N3CCCC3C2=O)C1(C)C. The van der Waals surface area contributed by atoms with E-state index in [1.807, 2.05) is 4.90 Å². The Morgan fingerprint density at radius 2 is 1.67 bits per heavy atom. The number of hydrogen-bond donors (Lipinski definition) is 0. The van der Waals surface area contributed by atoms with Crippen LogP contribution in [-0.4, -0.2) is 46.8 Å². The predicted octanol–water partition coefficient (Wildman–Crippen LogP) is 1.25. The van der Waals surface area contributed by atoms with Gasteiger partial charge >= 0.3 is 0 Å². The zero-order valence-electron chi connectivity index (χ0n) is 11.7. The lowest BCUT2D eigenvalue weighted by Crippen LogP contribution is -2.58. The normalized spacial score (nSPS) is 33.9. The topological polar surface area (TPSA) is 40.6 Å². The van der Waals surface area contributed by atoms with Crippen LogP contribution in [0.5, 0.6) is 0 Å². The first-order valence-electron chi connectivity index (χ1n) is 6.88. The van der Waals surface area contributed by atoms with Crippen LogP contribution in [-0.2, 0) is 9.59 Å². The molecule has 1 aliphatic carbocycles. The molecule has 0 aromatic rings. The van der Waals surface area contributed by atoms with E-state index in [0.717, 1.165) is 19.4 Å². The standard InChI is InChI=1S/C14H22N2O2/c1-13(2)12(14(13,3)4)16-8-10(17)15-7-5-6-9(15)11(16)18/h9,12H,5-8H2,1-4H3. The van der Waals surface area contributed by atoms with Gasteiger partial charge in [-0.15, -0.1) is 0 Å². The molecule has 0 radical (unpaired) electrons. The number of nitrogens with zero attached hydrogens (tertiary/aromatic N) is 2. The van der Waals surface area contributed by atoms with Gasteiger partial charge in [-0.2, -0.15) is 0 Å². The summed E-state index contributed by atoms with van der Waals surface area (Å²) in [5.41, 5.74) is 0.230. The third-order valence-corrected chi connectivity index (χ3v) is 5.70. The van der Waals surface area contributed by atoms with Gasteiger partial charge in [0.25, 0.3) is 0 Å². The largest absolute Gasteiger partial charge is 0.329 e. The highest BCUT2D eigenvalue weighted by Gasteiger charge is 2.69. The third-order valence-electron chi connectivity index (χ3n) is 5.70. The maximum Gasteiger partial charge on any atom is 0.246 e. The lowest BCUT2D eigenvalue weighted by molar-refractivity contribution is -0.154. The molecule has 1 saturated carbocycles. The van der Waals surface area contributed by atoms with E-state index >= 15 is 0 Å². The second kappa shape index (κ2) is 3.28. The molecule has 100 valence electrons. The molecule has 2 amide bonds. The smallest absolute Gasteiger partial charge is 0.246 e. The van der Waals surface area contributed by atoms with Crippen molar-refractivity contribution in [3.05, 3.63) is 0 Å². The molecule has 3 rings (SSSR count). The molecule has 1 unspecified atom stereocenters. The summed E-state index contributed by atoms with van der Waals surface area (Å²) in [5.74, 6) is 0.311. The number of rotatable bonds is 1. The fourth-order valence-electron chi connectivity index (χ4n) is 3.99. The highest BCUT2D eigenvalue weighted by Crippen LogP contribution is 2.65. The van der Waals surface area contributed by atoms with E-state index in [-0.39, 0.29) is 41.3 Å². The van der Waals surface area contributed by atoms with Crippen molar-refractivity contribution in [1.82, 2.24) is 9.80 Å². The van der Waals surface area contributed by atoms with Crippen molar-refractivity contribution < 1.29 is 9.59 Å². The van der Waals surface area contributed by atoms with Gasteiger partial charge in [0.05, 0.1) is 0 Å². The minimum atomic E-state index is -0.168. The summed E-state index contributed by atoms with van der Waals surface area (Å²) < 4.78 is 0. The number of piperazine rings is 1. The van der Waals surface area contributed by atoms with Crippen LogP contribution in [0.15, 0.2) is 0 Å². The van der Waals surface area contributed by atoms with Gasteiger partial charge in [-0.05, 0) is 23.7 Å². The first-order valence-corrected chi connectivity index (χ1v) is 6.88. The maximum atomic E-state index is 12.5. The van der Waals surface area contributed by atoms with Gasteiger partial charge < -0.3 is 9.80 Å². The summed E-state index contributed by atoms with van der Waals surface area (Å²) in [6.45, 7) is 9.81. The minimum absolute atomic E-state index is 0.115. The van der Waals surface area contributed by atoms with Crippen molar-refractivity contribution in [3.8, 4) is 0 Å². The molecule has 0 aromatic heterocycles. The fraction of sp³-hybridized carbons (Fsp3) is 0.857. The molecule has 3 aliphatic rings. The molecule has 4 nitrogen and oxygen atoms in total. The number of carbonyl (C=O) groups is 2. The maximum absolute atomic E-state index is 12.5. The Morgan fingerprint density at radius 1 is 1.06 bits per heavy atom. The molecular weight excluding hydrogens is 228 g/mol. The van der Waals surface area contributed by atoms with E-state index in [0.29, 0.717) is 0 Å². The summed E-state index contributed by atoms with van der Waals surface area (Å²) in [4.78, 5) is 28.3. The molecular formula is C14H22N2O2. The number of amides is 2. The molecule has 0 N–H and O–H groups in total. The molecule has 2 saturated heterocycles. The Hall–Kier alpha value is -1.06. The van der Waals surface area contributed by atoms with Crippen LogP contribution in [0.1, 0.15) is 40.5 Å². The van der Waals surface area contributed by atoms with Crippen molar-refractivity contribution in [3.63, 3.8) is 0 Å². The van der Waals surface area contributed by atoms with Gasteiger partial charge in [0, 0.05) is 12.6 Å². The molecule has 18 heavy (non-hydrogen) atoms. The highest BCUT2D eigenvalue weighted by molar-refractivity contribution is 5.96. The van der Waals surface area contributed by atoms with Crippen LogP contribution >= 0.6 is 0 Å². The van der Waals surface area contributed by atoms with E-state index in [2.05, 4.69) is 27.7 Å². The Balaban J connectivity index is 1.87. The van der Waals surface area contributed by atoms with E-state index < -0.39 is 0 Å². The Labute approximate surface area is 108 Å². The van der Waals surface area contributed by atoms with Gasteiger partial charge in [-0.25, -0.2) is 0 Å². The summed E-state index contributed by atoms with van der Waals surface area (Å²) in [6, 6.07) is 0.0441. The lowest BCUT2D eigenvalue weighted by atomic mass is 10.0. The number of hydrogen-bond acceptors (Lipinski definition) is 2. The zero-order valence-corrected chi connectivity index (χ0v) is 11.7. The molecule has 0 bridgehead atoms. The molecule has 2 aliphatic heterocycles. The molecule has 0 spiro atoms. The zero-order chi connectivity index (χ0) is 13.3. The van der Waals surface area contributed by atoms with E-state index in [9.17, 15) is 9.59 Å². The van der Waals surface area contributed by atoms with Gasteiger partial charge in [-0.3, -0.25) is 9.59 Å². The third kappa shape index (κ3) is 1.26.